The fourth-order valence-corrected chi connectivity index (χ4v) is 10.1. The summed E-state index contributed by atoms with van der Waals surface area (Å²) in [6.07, 6.45) is 2.05. The third-order valence-electron chi connectivity index (χ3n) is 11.2. The number of hydrogen-bond acceptors (Lipinski definition) is 1. The monoisotopic (exact) mass is 694 g/mol. The predicted molar refractivity (Wildman–Crippen MR) is 232 cm³/mol. The van der Waals surface area contributed by atoms with Gasteiger partial charge in [-0.3, -0.25) is 0 Å². The van der Waals surface area contributed by atoms with Gasteiger partial charge in [0.25, 0.3) is 0 Å². The SMILES string of the molecule is CCc1ccccc1-c1ccc2c(sc3cc4cc(-c5cccc(-c6c7ccccc7c(-c7ccccc7)c7ccccc67)c5)ccc4cc32)c1CC. The van der Waals surface area contributed by atoms with Gasteiger partial charge in [0.2, 0.25) is 0 Å². The lowest BCUT2D eigenvalue weighted by molar-refractivity contribution is 1.13. The van der Waals surface area contributed by atoms with Crippen LogP contribution in [0.25, 0.3) is 97.0 Å². The summed E-state index contributed by atoms with van der Waals surface area (Å²) in [6.45, 7) is 4.56. The highest BCUT2D eigenvalue weighted by molar-refractivity contribution is 7.26. The molecule has 0 atom stereocenters. The molecule has 0 unspecified atom stereocenters. The van der Waals surface area contributed by atoms with Crippen molar-refractivity contribution in [2.75, 3.05) is 0 Å². The fourth-order valence-electron chi connectivity index (χ4n) is 8.72. The Morgan fingerprint density at radius 3 is 1.72 bits per heavy atom. The Labute approximate surface area is 314 Å². The molecule has 0 nitrogen and oxygen atoms in total. The summed E-state index contributed by atoms with van der Waals surface area (Å²) in [6, 6.07) is 63.3. The number of aryl methyl sites for hydroxylation is 2. The van der Waals surface area contributed by atoms with E-state index < -0.39 is 0 Å². The van der Waals surface area contributed by atoms with Crippen molar-refractivity contribution in [1.82, 2.24) is 0 Å². The predicted octanol–water partition coefficient (Wildman–Crippen LogP) is 15.3. The lowest BCUT2D eigenvalue weighted by atomic mass is 9.85. The summed E-state index contributed by atoms with van der Waals surface area (Å²) >= 11 is 1.95. The molecule has 0 fully saturated rings. The first kappa shape index (κ1) is 31.7. The van der Waals surface area contributed by atoms with Crippen LogP contribution in [0.4, 0.5) is 0 Å². The lowest BCUT2D eigenvalue weighted by Gasteiger charge is -2.18. The first-order valence-electron chi connectivity index (χ1n) is 18.8. The van der Waals surface area contributed by atoms with Crippen LogP contribution in [0.2, 0.25) is 0 Å². The molecule has 252 valence electrons. The van der Waals surface area contributed by atoms with E-state index in [2.05, 4.69) is 184 Å². The lowest BCUT2D eigenvalue weighted by Crippen LogP contribution is -1.92. The van der Waals surface area contributed by atoms with E-state index in [1.54, 1.807) is 0 Å². The van der Waals surface area contributed by atoms with E-state index >= 15 is 0 Å². The smallest absolute Gasteiger partial charge is 0.0393 e. The molecule has 0 bridgehead atoms. The van der Waals surface area contributed by atoms with Gasteiger partial charge in [-0.05, 0) is 125 Å². The average Bonchev–Trinajstić information content (AvgIpc) is 3.58. The Hall–Kier alpha value is -6.02. The second-order valence-electron chi connectivity index (χ2n) is 14.1. The van der Waals surface area contributed by atoms with Crippen molar-refractivity contribution in [3.05, 3.63) is 181 Å². The maximum absolute atomic E-state index is 2.42. The summed E-state index contributed by atoms with van der Waals surface area (Å²) in [5, 5.41) is 10.4. The summed E-state index contributed by atoms with van der Waals surface area (Å²) in [7, 11) is 0. The first-order valence-corrected chi connectivity index (χ1v) is 19.6. The van der Waals surface area contributed by atoms with Gasteiger partial charge in [-0.25, -0.2) is 0 Å². The van der Waals surface area contributed by atoms with Gasteiger partial charge in [0.05, 0.1) is 0 Å². The molecule has 0 saturated carbocycles. The molecule has 10 aromatic rings. The standard InChI is InChI=1S/C52H38S/c1-3-33-15-8-9-20-41(33)42-27-28-47-48-31-37-26-25-36(30-39(37)32-49(48)53-52(47)40(42)4-2)35-18-14-19-38(29-35)51-45-23-12-10-21-43(45)50(34-16-6-5-7-17-34)44-22-11-13-24-46(44)51/h5-32H,3-4H2,1-2H3. The van der Waals surface area contributed by atoms with Crippen LogP contribution < -0.4 is 0 Å². The molecule has 9 aromatic carbocycles. The van der Waals surface area contributed by atoms with E-state index in [0.29, 0.717) is 0 Å². The molecular weight excluding hydrogens is 657 g/mol. The average molecular weight is 695 g/mol. The molecule has 1 heteroatoms. The van der Waals surface area contributed by atoms with Crippen LogP contribution >= 0.6 is 11.3 Å². The van der Waals surface area contributed by atoms with Gasteiger partial charge in [0.15, 0.2) is 0 Å². The Morgan fingerprint density at radius 2 is 1.00 bits per heavy atom. The Bertz CT molecular complexity index is 2960. The van der Waals surface area contributed by atoms with Crippen molar-refractivity contribution in [1.29, 1.82) is 0 Å². The largest absolute Gasteiger partial charge is 0.135 e. The van der Waals surface area contributed by atoms with Crippen LogP contribution in [0.15, 0.2) is 170 Å². The van der Waals surface area contributed by atoms with Gasteiger partial charge in [0, 0.05) is 20.2 Å². The quantitative estimate of drug-likeness (QED) is 0.152. The van der Waals surface area contributed by atoms with Crippen molar-refractivity contribution < 1.29 is 0 Å². The minimum absolute atomic E-state index is 1.01. The minimum atomic E-state index is 1.01. The molecule has 0 spiro atoms. The van der Waals surface area contributed by atoms with Gasteiger partial charge >= 0.3 is 0 Å². The fraction of sp³-hybridized carbons (Fsp3) is 0.0769. The third-order valence-corrected chi connectivity index (χ3v) is 12.5. The van der Waals surface area contributed by atoms with E-state index in [9.17, 15) is 0 Å². The molecule has 0 saturated heterocycles. The van der Waals surface area contributed by atoms with Crippen LogP contribution in [0.1, 0.15) is 25.0 Å². The van der Waals surface area contributed by atoms with Gasteiger partial charge in [-0.2, -0.15) is 0 Å². The molecule has 1 aromatic heterocycles. The molecule has 0 radical (unpaired) electrons. The van der Waals surface area contributed by atoms with Crippen LogP contribution in [-0.2, 0) is 12.8 Å². The summed E-state index contributed by atoms with van der Waals surface area (Å²) in [5.74, 6) is 0. The second-order valence-corrected chi connectivity index (χ2v) is 15.2. The number of fused-ring (bicyclic) bond motifs is 6. The normalized spacial score (nSPS) is 11.7. The van der Waals surface area contributed by atoms with Crippen molar-refractivity contribution in [2.45, 2.75) is 26.7 Å². The zero-order chi connectivity index (χ0) is 35.5. The van der Waals surface area contributed by atoms with Gasteiger partial charge in [-0.15, -0.1) is 11.3 Å². The van der Waals surface area contributed by atoms with E-state index in [-0.39, 0.29) is 0 Å². The molecule has 1 heterocycles. The molecule has 53 heavy (non-hydrogen) atoms. The second kappa shape index (κ2) is 12.9. The zero-order valence-electron chi connectivity index (χ0n) is 30.0. The Morgan fingerprint density at radius 1 is 0.377 bits per heavy atom. The first-order chi connectivity index (χ1) is 26.2. The van der Waals surface area contributed by atoms with Crippen molar-refractivity contribution in [3.8, 4) is 44.5 Å². The molecule has 0 amide bonds. The van der Waals surface area contributed by atoms with Crippen molar-refractivity contribution in [2.24, 2.45) is 0 Å². The van der Waals surface area contributed by atoms with E-state index in [1.165, 1.54) is 108 Å². The zero-order valence-corrected chi connectivity index (χ0v) is 30.8. The molecular formula is C52H38S. The van der Waals surface area contributed by atoms with Crippen molar-refractivity contribution in [3.63, 3.8) is 0 Å². The van der Waals surface area contributed by atoms with Crippen LogP contribution in [0.5, 0.6) is 0 Å². The number of rotatable bonds is 6. The minimum Gasteiger partial charge on any atom is -0.135 e. The molecule has 0 aliphatic heterocycles. The molecule has 0 aliphatic carbocycles. The topological polar surface area (TPSA) is 0 Å². The van der Waals surface area contributed by atoms with E-state index in [0.717, 1.165) is 12.8 Å². The number of hydrogen-bond donors (Lipinski definition) is 0. The van der Waals surface area contributed by atoms with Crippen LogP contribution in [0.3, 0.4) is 0 Å². The highest BCUT2D eigenvalue weighted by Gasteiger charge is 2.18. The van der Waals surface area contributed by atoms with Crippen LogP contribution in [0, 0.1) is 0 Å². The summed E-state index contributed by atoms with van der Waals surface area (Å²) in [5.41, 5.74) is 13.2. The van der Waals surface area contributed by atoms with E-state index in [1.807, 2.05) is 11.3 Å². The van der Waals surface area contributed by atoms with Gasteiger partial charge < -0.3 is 0 Å². The summed E-state index contributed by atoms with van der Waals surface area (Å²) < 4.78 is 2.78. The van der Waals surface area contributed by atoms with Gasteiger partial charge in [-0.1, -0.05) is 159 Å². The van der Waals surface area contributed by atoms with E-state index in [4.69, 9.17) is 0 Å². The third kappa shape index (κ3) is 5.18. The number of thiophene rings is 1. The highest BCUT2D eigenvalue weighted by Crippen LogP contribution is 2.45. The molecule has 0 N–H and O–H groups in total. The summed E-state index contributed by atoms with van der Waals surface area (Å²) in [4.78, 5) is 0. The number of benzene rings is 9. The Kier molecular flexibility index (Phi) is 7.70. The Balaban J connectivity index is 1.11. The molecule has 0 aliphatic rings. The van der Waals surface area contributed by atoms with Crippen LogP contribution in [-0.4, -0.2) is 0 Å². The van der Waals surface area contributed by atoms with Crippen molar-refractivity contribution >= 4 is 63.8 Å². The maximum Gasteiger partial charge on any atom is 0.0393 e. The highest BCUT2D eigenvalue weighted by atomic mass is 32.1. The molecule has 10 rings (SSSR count). The van der Waals surface area contributed by atoms with Gasteiger partial charge in [0.1, 0.15) is 0 Å². The maximum atomic E-state index is 2.42.